The number of rotatable bonds is 7. The molecule has 4 rings (SSSR count). The molecule has 2 aliphatic heterocycles. The lowest BCUT2D eigenvalue weighted by molar-refractivity contribution is -0.117. The van der Waals surface area contributed by atoms with Crippen molar-refractivity contribution in [3.05, 3.63) is 54.1 Å². The van der Waals surface area contributed by atoms with Crippen LogP contribution in [0.2, 0.25) is 0 Å². The Hall–Kier alpha value is -2.41. The van der Waals surface area contributed by atoms with Gasteiger partial charge in [-0.05, 0) is 56.2 Å². The number of hydrogen-bond acceptors (Lipinski definition) is 5. The Labute approximate surface area is 178 Å². The zero-order chi connectivity index (χ0) is 20.8. The number of benzene rings is 2. The highest BCUT2D eigenvalue weighted by atomic mass is 16.5. The van der Waals surface area contributed by atoms with Crippen LogP contribution in [0.5, 0.6) is 11.5 Å². The van der Waals surface area contributed by atoms with Gasteiger partial charge in [-0.25, -0.2) is 0 Å². The number of piperazine rings is 1. The Balaban J connectivity index is 1.19. The highest BCUT2D eigenvalue weighted by Crippen LogP contribution is 2.23. The van der Waals surface area contributed by atoms with Gasteiger partial charge in [0.2, 0.25) is 5.91 Å². The van der Waals surface area contributed by atoms with Gasteiger partial charge in [-0.3, -0.25) is 14.6 Å². The number of carbonyl (C=O) groups is 1. The zero-order valence-corrected chi connectivity index (χ0v) is 17.7. The molecule has 6 heteroatoms. The fourth-order valence-corrected chi connectivity index (χ4v) is 3.96. The molecule has 0 spiro atoms. The van der Waals surface area contributed by atoms with Crippen LogP contribution in [-0.4, -0.2) is 67.7 Å². The predicted molar refractivity (Wildman–Crippen MR) is 118 cm³/mol. The summed E-state index contributed by atoms with van der Waals surface area (Å²) >= 11 is 0. The van der Waals surface area contributed by atoms with Gasteiger partial charge in [0.1, 0.15) is 11.5 Å². The van der Waals surface area contributed by atoms with E-state index in [1.165, 1.54) is 18.4 Å². The molecular formula is C24H31N3O3. The van der Waals surface area contributed by atoms with E-state index in [-0.39, 0.29) is 5.91 Å². The highest BCUT2D eigenvalue weighted by Gasteiger charge is 2.23. The Kier molecular flexibility index (Phi) is 7.00. The second-order valence-electron chi connectivity index (χ2n) is 8.20. The summed E-state index contributed by atoms with van der Waals surface area (Å²) in [6.07, 6.45) is 2.76. The lowest BCUT2D eigenvalue weighted by atomic mass is 10.2. The van der Waals surface area contributed by atoms with Crippen molar-refractivity contribution in [2.45, 2.75) is 25.9 Å². The van der Waals surface area contributed by atoms with Gasteiger partial charge in [-0.1, -0.05) is 17.7 Å². The Morgan fingerprint density at radius 3 is 2.27 bits per heavy atom. The summed E-state index contributed by atoms with van der Waals surface area (Å²) in [5.74, 6) is 1.57. The molecule has 160 valence electrons. The predicted octanol–water partition coefficient (Wildman–Crippen LogP) is 3.52. The Morgan fingerprint density at radius 2 is 1.63 bits per heavy atom. The highest BCUT2D eigenvalue weighted by molar-refractivity contribution is 5.92. The van der Waals surface area contributed by atoms with Crippen LogP contribution in [0.15, 0.2) is 48.5 Å². The Morgan fingerprint density at radius 1 is 1.00 bits per heavy atom. The second kappa shape index (κ2) is 10.1. The van der Waals surface area contributed by atoms with Crippen LogP contribution in [0.3, 0.4) is 0 Å². The number of anilines is 1. The fraction of sp³-hybridized carbons (Fsp3) is 0.458. The maximum absolute atomic E-state index is 12.4. The molecule has 2 aliphatic rings. The zero-order valence-electron chi connectivity index (χ0n) is 17.7. The molecule has 0 aliphatic carbocycles. The molecule has 1 atom stereocenters. The van der Waals surface area contributed by atoms with Gasteiger partial charge in [0, 0.05) is 45.0 Å². The lowest BCUT2D eigenvalue weighted by Crippen LogP contribution is -2.50. The molecule has 0 radical (unpaired) electrons. The third-order valence-electron chi connectivity index (χ3n) is 5.71. The van der Waals surface area contributed by atoms with Crippen LogP contribution >= 0.6 is 0 Å². The summed E-state index contributed by atoms with van der Waals surface area (Å²) in [6.45, 7) is 8.24. The standard InChI is InChI=1S/C24H31N3O3/c1-19-4-8-21(9-5-19)30-22-10-6-20(7-11-22)25-24(28)18-27-14-12-26(13-15-27)17-23-3-2-16-29-23/h4-11,23H,2-3,12-18H2,1H3,(H,25,28). The molecule has 1 N–H and O–H groups in total. The van der Waals surface area contributed by atoms with Crippen LogP contribution in [0.4, 0.5) is 5.69 Å². The molecule has 2 aromatic carbocycles. The molecular weight excluding hydrogens is 378 g/mol. The normalized spacial score (nSPS) is 20.2. The number of ether oxygens (including phenoxy) is 2. The van der Waals surface area contributed by atoms with Crippen LogP contribution in [-0.2, 0) is 9.53 Å². The molecule has 2 saturated heterocycles. The monoisotopic (exact) mass is 409 g/mol. The molecule has 2 fully saturated rings. The minimum atomic E-state index is 0.0229. The lowest BCUT2D eigenvalue weighted by Gasteiger charge is -2.35. The summed E-state index contributed by atoms with van der Waals surface area (Å²) in [4.78, 5) is 17.1. The maximum Gasteiger partial charge on any atom is 0.238 e. The van der Waals surface area contributed by atoms with Crippen molar-refractivity contribution in [2.75, 3.05) is 51.2 Å². The summed E-state index contributed by atoms with van der Waals surface area (Å²) < 4.78 is 11.6. The van der Waals surface area contributed by atoms with Crippen molar-refractivity contribution >= 4 is 11.6 Å². The number of aryl methyl sites for hydroxylation is 1. The first-order chi connectivity index (χ1) is 14.6. The molecule has 6 nitrogen and oxygen atoms in total. The number of amides is 1. The summed E-state index contributed by atoms with van der Waals surface area (Å²) in [6, 6.07) is 15.4. The second-order valence-corrected chi connectivity index (χ2v) is 8.20. The van der Waals surface area contributed by atoms with E-state index in [0.29, 0.717) is 12.6 Å². The van der Waals surface area contributed by atoms with E-state index in [4.69, 9.17) is 9.47 Å². The van der Waals surface area contributed by atoms with Gasteiger partial charge < -0.3 is 14.8 Å². The summed E-state index contributed by atoms with van der Waals surface area (Å²) in [5, 5.41) is 2.99. The van der Waals surface area contributed by atoms with Crippen molar-refractivity contribution in [1.82, 2.24) is 9.80 Å². The molecule has 2 heterocycles. The first-order valence-corrected chi connectivity index (χ1v) is 10.8. The first kappa shape index (κ1) is 20.8. The van der Waals surface area contributed by atoms with Crippen LogP contribution in [0.25, 0.3) is 0 Å². The van der Waals surface area contributed by atoms with Crippen LogP contribution < -0.4 is 10.1 Å². The largest absolute Gasteiger partial charge is 0.457 e. The minimum Gasteiger partial charge on any atom is -0.457 e. The van der Waals surface area contributed by atoms with E-state index >= 15 is 0 Å². The fourth-order valence-electron chi connectivity index (χ4n) is 3.96. The van der Waals surface area contributed by atoms with Crippen molar-refractivity contribution in [1.29, 1.82) is 0 Å². The molecule has 0 saturated carbocycles. The molecule has 1 unspecified atom stereocenters. The summed E-state index contributed by atoms with van der Waals surface area (Å²) in [5.41, 5.74) is 1.98. The molecule has 0 bridgehead atoms. The van der Waals surface area contributed by atoms with E-state index in [9.17, 15) is 4.79 Å². The van der Waals surface area contributed by atoms with Gasteiger partial charge in [0.15, 0.2) is 0 Å². The van der Waals surface area contributed by atoms with Crippen LogP contribution in [0, 0.1) is 6.92 Å². The number of hydrogen-bond donors (Lipinski definition) is 1. The molecule has 30 heavy (non-hydrogen) atoms. The minimum absolute atomic E-state index is 0.0229. The smallest absolute Gasteiger partial charge is 0.238 e. The average Bonchev–Trinajstić information content (AvgIpc) is 3.26. The number of nitrogens with one attached hydrogen (secondary N) is 1. The van der Waals surface area contributed by atoms with Crippen LogP contribution in [0.1, 0.15) is 18.4 Å². The topological polar surface area (TPSA) is 54.0 Å². The average molecular weight is 410 g/mol. The van der Waals surface area contributed by atoms with Crippen molar-refractivity contribution < 1.29 is 14.3 Å². The number of nitrogens with zero attached hydrogens (tertiary/aromatic N) is 2. The van der Waals surface area contributed by atoms with E-state index in [2.05, 4.69) is 15.1 Å². The van der Waals surface area contributed by atoms with Crippen molar-refractivity contribution in [3.8, 4) is 11.5 Å². The van der Waals surface area contributed by atoms with Gasteiger partial charge in [-0.15, -0.1) is 0 Å². The van der Waals surface area contributed by atoms with E-state index < -0.39 is 0 Å². The van der Waals surface area contributed by atoms with E-state index in [1.807, 2.05) is 55.5 Å². The van der Waals surface area contributed by atoms with Crippen molar-refractivity contribution in [3.63, 3.8) is 0 Å². The molecule has 1 amide bonds. The van der Waals surface area contributed by atoms with E-state index in [0.717, 1.165) is 56.5 Å². The third kappa shape index (κ3) is 6.05. The quantitative estimate of drug-likeness (QED) is 0.758. The first-order valence-electron chi connectivity index (χ1n) is 10.8. The van der Waals surface area contributed by atoms with Gasteiger partial charge in [-0.2, -0.15) is 0 Å². The SMILES string of the molecule is Cc1ccc(Oc2ccc(NC(=O)CN3CCN(CC4CCCO4)CC3)cc2)cc1. The number of carbonyl (C=O) groups excluding carboxylic acids is 1. The molecule has 0 aromatic heterocycles. The third-order valence-corrected chi connectivity index (χ3v) is 5.71. The van der Waals surface area contributed by atoms with Gasteiger partial charge in [0.25, 0.3) is 0 Å². The summed E-state index contributed by atoms with van der Waals surface area (Å²) in [7, 11) is 0. The molecule has 2 aromatic rings. The maximum atomic E-state index is 12.4. The van der Waals surface area contributed by atoms with Crippen molar-refractivity contribution in [2.24, 2.45) is 0 Å². The van der Waals surface area contributed by atoms with Gasteiger partial charge >= 0.3 is 0 Å². The Bertz CT molecular complexity index is 809. The van der Waals surface area contributed by atoms with E-state index in [1.54, 1.807) is 0 Å². The van der Waals surface area contributed by atoms with Gasteiger partial charge in [0.05, 0.1) is 12.6 Å².